The van der Waals surface area contributed by atoms with Crippen LogP contribution in [0.15, 0.2) is 0 Å². The van der Waals surface area contributed by atoms with Gasteiger partial charge in [-0.05, 0) is 26.3 Å². The van der Waals surface area contributed by atoms with Crippen molar-refractivity contribution in [3.63, 3.8) is 0 Å². The van der Waals surface area contributed by atoms with Gasteiger partial charge in [-0.3, -0.25) is 4.79 Å². The number of hydrogen-bond acceptors (Lipinski definition) is 5. The molecule has 0 bridgehead atoms. The molecule has 0 spiro atoms. The lowest BCUT2D eigenvalue weighted by Gasteiger charge is -2.19. The van der Waals surface area contributed by atoms with Gasteiger partial charge in [0.15, 0.2) is 0 Å². The van der Waals surface area contributed by atoms with E-state index < -0.39 is 21.8 Å². The molecule has 0 aliphatic carbocycles. The fourth-order valence-corrected chi connectivity index (χ4v) is 2.75. The minimum Gasteiger partial charge on any atom is -0.480 e. The van der Waals surface area contributed by atoms with E-state index >= 15 is 0 Å². The number of hydrogen-bond donors (Lipinski definition) is 3. The number of carbonyl (C=O) groups excluding carboxylic acids is 1. The third-order valence-corrected chi connectivity index (χ3v) is 4.23. The average Bonchev–Trinajstić information content (AvgIpc) is 2.68. The first-order valence-corrected chi connectivity index (χ1v) is 8.21. The van der Waals surface area contributed by atoms with Crippen LogP contribution in [0.3, 0.4) is 0 Å². The lowest BCUT2D eigenvalue weighted by Crippen LogP contribution is -2.46. The highest BCUT2D eigenvalue weighted by molar-refractivity contribution is 7.90. The largest absolute Gasteiger partial charge is 0.480 e. The lowest BCUT2D eigenvalue weighted by atomic mass is 10.0. The van der Waals surface area contributed by atoms with Gasteiger partial charge in [0.2, 0.25) is 5.91 Å². The topological polar surface area (TPSA) is 113 Å². The number of aliphatic carboxylic acids is 1. The maximum absolute atomic E-state index is 11.9. The van der Waals surface area contributed by atoms with Crippen LogP contribution in [0.2, 0.25) is 0 Å². The first kappa shape index (κ1) is 15.9. The SMILES string of the molecule is CC1NCCC1C(=O)NC(CCS(C)(=O)=O)C(=O)O. The Labute approximate surface area is 112 Å². The number of sulfone groups is 1. The van der Waals surface area contributed by atoms with Crippen LogP contribution in [0.4, 0.5) is 0 Å². The lowest BCUT2D eigenvalue weighted by molar-refractivity contribution is -0.142. The summed E-state index contributed by atoms with van der Waals surface area (Å²) in [4.78, 5) is 23.0. The molecular weight excluding hydrogens is 272 g/mol. The van der Waals surface area contributed by atoms with Crippen LogP contribution in [0.1, 0.15) is 19.8 Å². The van der Waals surface area contributed by atoms with Crippen molar-refractivity contribution in [2.45, 2.75) is 31.8 Å². The molecule has 7 nitrogen and oxygen atoms in total. The van der Waals surface area contributed by atoms with Crippen LogP contribution in [-0.2, 0) is 19.4 Å². The zero-order valence-corrected chi connectivity index (χ0v) is 11.9. The van der Waals surface area contributed by atoms with Crippen molar-refractivity contribution < 1.29 is 23.1 Å². The Balaban J connectivity index is 2.58. The van der Waals surface area contributed by atoms with Crippen molar-refractivity contribution in [1.29, 1.82) is 0 Å². The fourth-order valence-electron chi connectivity index (χ4n) is 2.08. The summed E-state index contributed by atoms with van der Waals surface area (Å²) in [7, 11) is -3.25. The number of amides is 1. The second-order valence-electron chi connectivity index (χ2n) is 4.96. The minimum atomic E-state index is -3.25. The Hall–Kier alpha value is -1.15. The first-order chi connectivity index (χ1) is 8.70. The predicted octanol–water partition coefficient (Wildman–Crippen LogP) is -1.01. The Kier molecular flexibility index (Phi) is 5.30. The first-order valence-electron chi connectivity index (χ1n) is 6.15. The van der Waals surface area contributed by atoms with Gasteiger partial charge < -0.3 is 15.7 Å². The molecule has 19 heavy (non-hydrogen) atoms. The summed E-state index contributed by atoms with van der Waals surface area (Å²) in [6.45, 7) is 2.59. The van der Waals surface area contributed by atoms with Crippen LogP contribution in [0.5, 0.6) is 0 Å². The van der Waals surface area contributed by atoms with E-state index in [9.17, 15) is 18.0 Å². The number of rotatable bonds is 6. The Bertz CT molecular complexity index is 448. The maximum Gasteiger partial charge on any atom is 0.326 e. The van der Waals surface area contributed by atoms with Crippen LogP contribution < -0.4 is 10.6 Å². The molecule has 1 amide bonds. The summed E-state index contributed by atoms with van der Waals surface area (Å²) in [6, 6.07) is -1.15. The van der Waals surface area contributed by atoms with Crippen molar-refractivity contribution in [2.24, 2.45) is 5.92 Å². The summed E-state index contributed by atoms with van der Waals surface area (Å²) in [5, 5.41) is 14.5. The van der Waals surface area contributed by atoms with Gasteiger partial charge in [0, 0.05) is 12.3 Å². The summed E-state index contributed by atoms with van der Waals surface area (Å²) in [5.41, 5.74) is 0. The van der Waals surface area contributed by atoms with Gasteiger partial charge in [-0.1, -0.05) is 0 Å². The van der Waals surface area contributed by atoms with Crippen molar-refractivity contribution in [3.8, 4) is 0 Å². The van der Waals surface area contributed by atoms with E-state index in [2.05, 4.69) is 10.6 Å². The molecule has 3 unspecified atom stereocenters. The third-order valence-electron chi connectivity index (χ3n) is 3.25. The van der Waals surface area contributed by atoms with Gasteiger partial charge in [-0.15, -0.1) is 0 Å². The number of nitrogens with one attached hydrogen (secondary N) is 2. The average molecular weight is 292 g/mol. The summed E-state index contributed by atoms with van der Waals surface area (Å²) in [5.74, 6) is -2.07. The molecule has 0 aromatic rings. The van der Waals surface area contributed by atoms with Crippen LogP contribution in [0.25, 0.3) is 0 Å². The van der Waals surface area contributed by atoms with E-state index in [1.165, 1.54) is 0 Å². The Morgan fingerprint density at radius 3 is 2.53 bits per heavy atom. The van der Waals surface area contributed by atoms with Crippen LogP contribution >= 0.6 is 0 Å². The fraction of sp³-hybridized carbons (Fsp3) is 0.818. The molecule has 1 saturated heterocycles. The molecule has 0 radical (unpaired) electrons. The highest BCUT2D eigenvalue weighted by Gasteiger charge is 2.32. The normalized spacial score (nSPS) is 24.9. The molecule has 0 aromatic carbocycles. The second-order valence-corrected chi connectivity index (χ2v) is 7.22. The molecule has 3 N–H and O–H groups in total. The molecule has 1 aliphatic heterocycles. The zero-order chi connectivity index (χ0) is 14.6. The van der Waals surface area contributed by atoms with Crippen molar-refractivity contribution >= 4 is 21.7 Å². The zero-order valence-electron chi connectivity index (χ0n) is 11.0. The molecule has 0 aromatic heterocycles. The Morgan fingerprint density at radius 1 is 1.47 bits per heavy atom. The van der Waals surface area contributed by atoms with Crippen molar-refractivity contribution in [1.82, 2.24) is 10.6 Å². The monoisotopic (exact) mass is 292 g/mol. The standard InChI is InChI=1S/C11H20N2O5S/c1-7-8(3-5-12-7)10(14)13-9(11(15)16)4-6-19(2,17)18/h7-9,12H,3-6H2,1-2H3,(H,13,14)(H,15,16). The number of carboxylic acids is 1. The molecular formula is C11H20N2O5S. The molecule has 3 atom stereocenters. The van der Waals surface area contributed by atoms with Gasteiger partial charge in [0.05, 0.1) is 11.7 Å². The predicted molar refractivity (Wildman–Crippen MR) is 69.5 cm³/mol. The Morgan fingerprint density at radius 2 is 2.11 bits per heavy atom. The summed E-state index contributed by atoms with van der Waals surface area (Å²) >= 11 is 0. The van der Waals surface area contributed by atoms with E-state index in [0.717, 1.165) is 12.8 Å². The summed E-state index contributed by atoms with van der Waals surface area (Å²) < 4.78 is 22.1. The highest BCUT2D eigenvalue weighted by Crippen LogP contribution is 2.15. The molecule has 0 saturated carbocycles. The molecule has 1 fully saturated rings. The van der Waals surface area contributed by atoms with Gasteiger partial charge in [-0.25, -0.2) is 13.2 Å². The van der Waals surface area contributed by atoms with E-state index in [0.29, 0.717) is 6.42 Å². The minimum absolute atomic E-state index is 0.00403. The molecule has 1 aliphatic rings. The third kappa shape index (κ3) is 5.15. The van der Waals surface area contributed by atoms with E-state index in [4.69, 9.17) is 5.11 Å². The number of carbonyl (C=O) groups is 2. The van der Waals surface area contributed by atoms with Gasteiger partial charge in [0.25, 0.3) is 0 Å². The van der Waals surface area contributed by atoms with Crippen molar-refractivity contribution in [3.05, 3.63) is 0 Å². The number of carboxylic acid groups (broad SMARTS) is 1. The molecule has 110 valence electrons. The van der Waals surface area contributed by atoms with E-state index in [-0.39, 0.29) is 30.0 Å². The smallest absolute Gasteiger partial charge is 0.326 e. The van der Waals surface area contributed by atoms with Gasteiger partial charge >= 0.3 is 5.97 Å². The van der Waals surface area contributed by atoms with Crippen LogP contribution in [0, 0.1) is 5.92 Å². The van der Waals surface area contributed by atoms with E-state index in [1.54, 1.807) is 0 Å². The molecule has 1 heterocycles. The van der Waals surface area contributed by atoms with Crippen molar-refractivity contribution in [2.75, 3.05) is 18.6 Å². The maximum atomic E-state index is 11.9. The second kappa shape index (κ2) is 6.33. The highest BCUT2D eigenvalue weighted by atomic mass is 32.2. The van der Waals surface area contributed by atoms with Crippen LogP contribution in [-0.4, -0.2) is 56.0 Å². The van der Waals surface area contributed by atoms with E-state index in [1.807, 2.05) is 6.92 Å². The molecule has 1 rings (SSSR count). The molecule has 8 heteroatoms. The van der Waals surface area contributed by atoms with Gasteiger partial charge in [0.1, 0.15) is 15.9 Å². The quantitative estimate of drug-likeness (QED) is 0.578. The van der Waals surface area contributed by atoms with Gasteiger partial charge in [-0.2, -0.15) is 0 Å². The summed E-state index contributed by atoms with van der Waals surface area (Å²) in [6.07, 6.45) is 1.58.